The standard InChI is InChI=1S/C15H16Br2N2/c1-19(10-11-3-2-4-13(16)7-11)15-8-14(17)6-5-12(15)9-18/h2-8H,9-10,18H2,1H3. The van der Waals surface area contributed by atoms with Crippen molar-refractivity contribution in [2.24, 2.45) is 5.73 Å². The molecule has 0 aliphatic rings. The molecule has 0 saturated heterocycles. The van der Waals surface area contributed by atoms with Crippen LogP contribution in [-0.2, 0) is 13.1 Å². The van der Waals surface area contributed by atoms with Crippen molar-refractivity contribution in [3.63, 3.8) is 0 Å². The van der Waals surface area contributed by atoms with E-state index in [0.29, 0.717) is 6.54 Å². The fourth-order valence-corrected chi connectivity index (χ4v) is 2.85. The second-order valence-corrected chi connectivity index (χ2v) is 6.29. The maximum atomic E-state index is 5.81. The molecular formula is C15H16Br2N2. The van der Waals surface area contributed by atoms with E-state index in [1.54, 1.807) is 0 Å². The van der Waals surface area contributed by atoms with Crippen LogP contribution in [0.4, 0.5) is 5.69 Å². The fraction of sp³-hybridized carbons (Fsp3) is 0.200. The first-order valence-electron chi connectivity index (χ1n) is 6.04. The van der Waals surface area contributed by atoms with Crippen LogP contribution in [0.1, 0.15) is 11.1 Å². The minimum atomic E-state index is 0.547. The van der Waals surface area contributed by atoms with Gasteiger partial charge in [-0.1, -0.05) is 50.1 Å². The minimum Gasteiger partial charge on any atom is -0.370 e. The van der Waals surface area contributed by atoms with Crippen molar-refractivity contribution in [3.8, 4) is 0 Å². The summed E-state index contributed by atoms with van der Waals surface area (Å²) < 4.78 is 2.17. The van der Waals surface area contributed by atoms with E-state index in [9.17, 15) is 0 Å². The SMILES string of the molecule is CN(Cc1cccc(Br)c1)c1cc(Br)ccc1CN. The van der Waals surface area contributed by atoms with Gasteiger partial charge in [0.25, 0.3) is 0 Å². The van der Waals surface area contributed by atoms with Gasteiger partial charge in [-0.05, 0) is 35.4 Å². The van der Waals surface area contributed by atoms with Gasteiger partial charge in [0.05, 0.1) is 0 Å². The molecule has 100 valence electrons. The Bertz CT molecular complexity index is 570. The highest BCUT2D eigenvalue weighted by Gasteiger charge is 2.08. The third kappa shape index (κ3) is 3.81. The zero-order valence-corrected chi connectivity index (χ0v) is 13.9. The third-order valence-corrected chi connectivity index (χ3v) is 3.97. The number of hydrogen-bond acceptors (Lipinski definition) is 2. The summed E-state index contributed by atoms with van der Waals surface area (Å²) in [4.78, 5) is 2.22. The second-order valence-electron chi connectivity index (χ2n) is 4.46. The molecule has 0 radical (unpaired) electrons. The lowest BCUT2D eigenvalue weighted by Crippen LogP contribution is -2.19. The molecule has 0 heterocycles. The first-order valence-corrected chi connectivity index (χ1v) is 7.63. The van der Waals surface area contributed by atoms with Gasteiger partial charge in [0.15, 0.2) is 0 Å². The van der Waals surface area contributed by atoms with Crippen LogP contribution in [0.15, 0.2) is 51.4 Å². The molecule has 4 heteroatoms. The average Bonchev–Trinajstić information content (AvgIpc) is 2.38. The molecular weight excluding hydrogens is 368 g/mol. The van der Waals surface area contributed by atoms with Gasteiger partial charge >= 0.3 is 0 Å². The molecule has 19 heavy (non-hydrogen) atoms. The molecule has 2 aromatic rings. The van der Waals surface area contributed by atoms with E-state index in [0.717, 1.165) is 26.7 Å². The van der Waals surface area contributed by atoms with Gasteiger partial charge in [0.2, 0.25) is 0 Å². The van der Waals surface area contributed by atoms with Gasteiger partial charge in [-0.25, -0.2) is 0 Å². The second kappa shape index (κ2) is 6.55. The molecule has 0 fully saturated rings. The fourth-order valence-electron chi connectivity index (χ4n) is 2.06. The van der Waals surface area contributed by atoms with Crippen LogP contribution in [0.2, 0.25) is 0 Å². The summed E-state index contributed by atoms with van der Waals surface area (Å²) in [6, 6.07) is 14.6. The predicted octanol–water partition coefficient (Wildman–Crippen LogP) is 4.31. The van der Waals surface area contributed by atoms with Gasteiger partial charge in [-0.3, -0.25) is 0 Å². The number of nitrogens with two attached hydrogens (primary N) is 1. The third-order valence-electron chi connectivity index (χ3n) is 2.99. The van der Waals surface area contributed by atoms with E-state index in [4.69, 9.17) is 5.73 Å². The highest BCUT2D eigenvalue weighted by Crippen LogP contribution is 2.25. The van der Waals surface area contributed by atoms with Crippen molar-refractivity contribution in [2.75, 3.05) is 11.9 Å². The topological polar surface area (TPSA) is 29.3 Å². The lowest BCUT2D eigenvalue weighted by Gasteiger charge is -2.22. The largest absolute Gasteiger partial charge is 0.370 e. The number of benzene rings is 2. The van der Waals surface area contributed by atoms with Gasteiger partial charge in [0.1, 0.15) is 0 Å². The molecule has 0 atom stereocenters. The Labute approximate surface area is 130 Å². The molecule has 0 spiro atoms. The normalized spacial score (nSPS) is 10.5. The maximum absolute atomic E-state index is 5.81. The van der Waals surface area contributed by atoms with Crippen LogP contribution in [0.5, 0.6) is 0 Å². The van der Waals surface area contributed by atoms with Gasteiger partial charge in [0, 0.05) is 34.8 Å². The smallest absolute Gasteiger partial charge is 0.0426 e. The van der Waals surface area contributed by atoms with Crippen LogP contribution >= 0.6 is 31.9 Å². The Kier molecular flexibility index (Phi) is 5.02. The van der Waals surface area contributed by atoms with E-state index in [-0.39, 0.29) is 0 Å². The van der Waals surface area contributed by atoms with Crippen LogP contribution in [-0.4, -0.2) is 7.05 Å². The van der Waals surface area contributed by atoms with E-state index >= 15 is 0 Å². The van der Waals surface area contributed by atoms with Crippen molar-refractivity contribution in [2.45, 2.75) is 13.1 Å². The van der Waals surface area contributed by atoms with Crippen molar-refractivity contribution in [1.82, 2.24) is 0 Å². The van der Waals surface area contributed by atoms with Crippen LogP contribution < -0.4 is 10.6 Å². The highest BCUT2D eigenvalue weighted by molar-refractivity contribution is 9.10. The molecule has 2 N–H and O–H groups in total. The summed E-state index contributed by atoms with van der Waals surface area (Å²) in [6.07, 6.45) is 0. The molecule has 0 bridgehead atoms. The Morgan fingerprint density at radius 2 is 1.79 bits per heavy atom. The Balaban J connectivity index is 2.24. The molecule has 0 aliphatic carbocycles. The Morgan fingerprint density at radius 3 is 2.47 bits per heavy atom. The molecule has 2 nitrogen and oxygen atoms in total. The van der Waals surface area contributed by atoms with E-state index in [1.807, 2.05) is 12.1 Å². The number of hydrogen-bond donors (Lipinski definition) is 1. The highest BCUT2D eigenvalue weighted by atomic mass is 79.9. The molecule has 0 unspecified atom stereocenters. The summed E-state index contributed by atoms with van der Waals surface area (Å²) >= 11 is 7.02. The maximum Gasteiger partial charge on any atom is 0.0426 e. The minimum absolute atomic E-state index is 0.547. The summed E-state index contributed by atoms with van der Waals surface area (Å²) in [7, 11) is 2.09. The zero-order chi connectivity index (χ0) is 13.8. The number of anilines is 1. The summed E-state index contributed by atoms with van der Waals surface area (Å²) in [5.74, 6) is 0. The Hall–Kier alpha value is -0.840. The monoisotopic (exact) mass is 382 g/mol. The Morgan fingerprint density at radius 1 is 1.05 bits per heavy atom. The van der Waals surface area contributed by atoms with Crippen LogP contribution in [0.3, 0.4) is 0 Å². The summed E-state index contributed by atoms with van der Waals surface area (Å²) in [5, 5.41) is 0. The first kappa shape index (κ1) is 14.6. The molecule has 0 saturated carbocycles. The lowest BCUT2D eigenvalue weighted by atomic mass is 10.1. The number of rotatable bonds is 4. The van der Waals surface area contributed by atoms with Crippen LogP contribution in [0.25, 0.3) is 0 Å². The molecule has 0 aromatic heterocycles. The van der Waals surface area contributed by atoms with E-state index < -0.39 is 0 Å². The van der Waals surface area contributed by atoms with Gasteiger partial charge in [-0.15, -0.1) is 0 Å². The lowest BCUT2D eigenvalue weighted by molar-refractivity contribution is 0.902. The number of halogens is 2. The van der Waals surface area contributed by atoms with Gasteiger partial charge < -0.3 is 10.6 Å². The first-order chi connectivity index (χ1) is 9.10. The van der Waals surface area contributed by atoms with Crippen molar-refractivity contribution in [3.05, 3.63) is 62.5 Å². The number of nitrogens with zero attached hydrogens (tertiary/aromatic N) is 1. The van der Waals surface area contributed by atoms with Gasteiger partial charge in [-0.2, -0.15) is 0 Å². The van der Waals surface area contributed by atoms with E-state index in [1.165, 1.54) is 5.56 Å². The molecule has 2 rings (SSSR count). The van der Waals surface area contributed by atoms with Crippen molar-refractivity contribution < 1.29 is 0 Å². The average molecular weight is 384 g/mol. The van der Waals surface area contributed by atoms with E-state index in [2.05, 4.69) is 74.1 Å². The molecule has 0 aliphatic heterocycles. The summed E-state index contributed by atoms with van der Waals surface area (Å²) in [5.41, 5.74) is 9.39. The zero-order valence-electron chi connectivity index (χ0n) is 10.7. The van der Waals surface area contributed by atoms with Crippen LogP contribution in [0, 0.1) is 0 Å². The quantitative estimate of drug-likeness (QED) is 0.852. The van der Waals surface area contributed by atoms with Crippen molar-refractivity contribution in [1.29, 1.82) is 0 Å². The molecule has 0 amide bonds. The molecule has 2 aromatic carbocycles. The van der Waals surface area contributed by atoms with Crippen molar-refractivity contribution >= 4 is 37.5 Å². The predicted molar refractivity (Wildman–Crippen MR) is 88.3 cm³/mol. The summed E-state index contributed by atoms with van der Waals surface area (Å²) in [6.45, 7) is 1.40.